The molecule has 0 radical (unpaired) electrons. The van der Waals surface area contributed by atoms with Crippen LogP contribution in [0.3, 0.4) is 0 Å². The van der Waals surface area contributed by atoms with E-state index in [0.29, 0.717) is 5.92 Å². The minimum atomic E-state index is 0.598. The first-order chi connectivity index (χ1) is 18.6. The molecule has 0 amide bonds. The molecule has 2 aliphatic carbocycles. The molecule has 1 saturated carbocycles. The van der Waals surface area contributed by atoms with E-state index >= 15 is 0 Å². The van der Waals surface area contributed by atoms with Crippen LogP contribution in [0.15, 0.2) is 90.9 Å². The number of rotatable bonds is 6. The molecule has 5 heteroatoms. The predicted molar refractivity (Wildman–Crippen MR) is 160 cm³/mol. The molecule has 5 aromatic rings. The third-order valence-corrected chi connectivity index (χ3v) is 7.31. The summed E-state index contributed by atoms with van der Waals surface area (Å²) < 4.78 is 0. The van der Waals surface area contributed by atoms with Gasteiger partial charge in [0.15, 0.2) is 0 Å². The van der Waals surface area contributed by atoms with E-state index in [0.717, 1.165) is 56.7 Å². The van der Waals surface area contributed by atoms with Crippen LogP contribution in [0.1, 0.15) is 45.6 Å². The smallest absolute Gasteiger partial charge is 0.116 e. The molecule has 5 nitrogen and oxygen atoms in total. The molecule has 0 bridgehead atoms. The molecule has 0 unspecified atom stereocenters. The Labute approximate surface area is 223 Å². The van der Waals surface area contributed by atoms with Crippen molar-refractivity contribution in [1.29, 1.82) is 0 Å². The van der Waals surface area contributed by atoms with Gasteiger partial charge in [-0.15, -0.1) is 0 Å². The van der Waals surface area contributed by atoms with Crippen LogP contribution in [0.2, 0.25) is 0 Å². The van der Waals surface area contributed by atoms with Gasteiger partial charge in [-0.2, -0.15) is 5.10 Å². The number of fused-ring (bicyclic) bond motifs is 2. The normalized spacial score (nSPS) is 14.7. The van der Waals surface area contributed by atoms with Crippen LogP contribution in [0.5, 0.6) is 0 Å². The van der Waals surface area contributed by atoms with Gasteiger partial charge in [-0.3, -0.25) is 10.1 Å². The largest absolute Gasteiger partial charge is 0.358 e. The van der Waals surface area contributed by atoms with E-state index in [1.807, 2.05) is 26.2 Å². The minimum Gasteiger partial charge on any atom is -0.358 e. The Morgan fingerprint density at radius 2 is 1.82 bits per heavy atom. The number of aromatic nitrogens is 4. The van der Waals surface area contributed by atoms with Crippen LogP contribution in [0, 0.1) is 5.92 Å². The summed E-state index contributed by atoms with van der Waals surface area (Å²) in [5.74, 6) is 0.598. The molecule has 38 heavy (non-hydrogen) atoms. The second-order valence-corrected chi connectivity index (χ2v) is 10.1. The number of aromatic amines is 2. The van der Waals surface area contributed by atoms with Crippen LogP contribution < -0.4 is 5.32 Å². The molecule has 2 aromatic carbocycles. The first-order valence-corrected chi connectivity index (χ1v) is 13.5. The zero-order valence-electron chi connectivity index (χ0n) is 22.2. The van der Waals surface area contributed by atoms with Crippen molar-refractivity contribution in [1.82, 2.24) is 20.2 Å². The van der Waals surface area contributed by atoms with Crippen LogP contribution >= 0.6 is 0 Å². The third-order valence-electron chi connectivity index (χ3n) is 7.31. The lowest BCUT2D eigenvalue weighted by atomic mass is 9.99. The van der Waals surface area contributed by atoms with Gasteiger partial charge in [0, 0.05) is 33.7 Å². The highest BCUT2D eigenvalue weighted by Crippen LogP contribution is 2.38. The van der Waals surface area contributed by atoms with Crippen LogP contribution in [-0.2, 0) is 0 Å². The summed E-state index contributed by atoms with van der Waals surface area (Å²) in [4.78, 5) is 8.09. The summed E-state index contributed by atoms with van der Waals surface area (Å²) in [5, 5.41) is 13.7. The second-order valence-electron chi connectivity index (χ2n) is 10.1. The van der Waals surface area contributed by atoms with Crippen LogP contribution in [-0.4, -0.2) is 20.2 Å². The van der Waals surface area contributed by atoms with Gasteiger partial charge in [0.25, 0.3) is 0 Å². The van der Waals surface area contributed by atoms with Gasteiger partial charge in [0.05, 0.1) is 23.1 Å². The maximum absolute atomic E-state index is 4.70. The zero-order valence-corrected chi connectivity index (χ0v) is 22.2. The molecule has 1 fully saturated rings. The number of hydrogen-bond donors (Lipinski definition) is 3. The van der Waals surface area contributed by atoms with Gasteiger partial charge >= 0.3 is 0 Å². The molecule has 0 atom stereocenters. The summed E-state index contributed by atoms with van der Waals surface area (Å²) in [6.07, 6.45) is 11.7. The monoisotopic (exact) mass is 499 g/mol. The Bertz CT molecular complexity index is 1730. The van der Waals surface area contributed by atoms with Crippen molar-refractivity contribution in [3.05, 3.63) is 96.5 Å². The molecular weight excluding hydrogens is 466 g/mol. The molecule has 2 aliphatic rings. The Morgan fingerprint density at radius 1 is 0.947 bits per heavy atom. The number of anilines is 1. The number of nitrogens with zero attached hydrogens (tertiary/aromatic N) is 2. The minimum absolute atomic E-state index is 0.598. The molecule has 0 aliphatic heterocycles. The highest BCUT2D eigenvalue weighted by Gasteiger charge is 2.24. The lowest BCUT2D eigenvalue weighted by Crippen LogP contribution is -2.00. The van der Waals surface area contributed by atoms with Crippen molar-refractivity contribution in [2.75, 3.05) is 5.32 Å². The summed E-state index contributed by atoms with van der Waals surface area (Å²) in [6.45, 7) is 10.4. The summed E-state index contributed by atoms with van der Waals surface area (Å²) in [5.41, 5.74) is 12.3. The zero-order chi connectivity index (χ0) is 26.2. The van der Waals surface area contributed by atoms with Crippen molar-refractivity contribution in [2.24, 2.45) is 5.92 Å². The van der Waals surface area contributed by atoms with Gasteiger partial charge in [-0.25, -0.2) is 0 Å². The van der Waals surface area contributed by atoms with Gasteiger partial charge < -0.3 is 10.3 Å². The van der Waals surface area contributed by atoms with Crippen molar-refractivity contribution >= 4 is 33.1 Å². The van der Waals surface area contributed by atoms with Gasteiger partial charge in [-0.05, 0) is 79.1 Å². The van der Waals surface area contributed by atoms with Crippen LogP contribution in [0.25, 0.3) is 49.9 Å². The van der Waals surface area contributed by atoms with E-state index in [1.165, 1.54) is 34.9 Å². The second kappa shape index (κ2) is 9.82. The molecule has 3 N–H and O–H groups in total. The lowest BCUT2D eigenvalue weighted by molar-refractivity contribution is 1.02. The van der Waals surface area contributed by atoms with E-state index < -0.39 is 0 Å². The first-order valence-electron chi connectivity index (χ1n) is 13.5. The molecule has 190 valence electrons. The molecule has 7 rings (SSSR count). The SMILES string of the molecule is C=C(Nc1cncc(-c2ccc3[nH]nc(-c4cc5c(C6=CC=C(C)C6)cccc5[nH]4)c3c2)c1)C1CC1.CC. The van der Waals surface area contributed by atoms with Crippen molar-refractivity contribution in [2.45, 2.75) is 40.0 Å². The Kier molecular flexibility index (Phi) is 6.20. The Morgan fingerprint density at radius 3 is 2.61 bits per heavy atom. The fourth-order valence-electron chi connectivity index (χ4n) is 5.19. The number of nitrogens with one attached hydrogen (secondary N) is 3. The molecular formula is C33H33N5. The number of H-pyrrole nitrogens is 2. The Hall–Kier alpha value is -4.38. The van der Waals surface area contributed by atoms with E-state index in [9.17, 15) is 0 Å². The highest BCUT2D eigenvalue weighted by molar-refractivity contribution is 6.01. The quantitative estimate of drug-likeness (QED) is 0.218. The van der Waals surface area contributed by atoms with Crippen LogP contribution in [0.4, 0.5) is 5.69 Å². The van der Waals surface area contributed by atoms with Crippen molar-refractivity contribution < 1.29 is 0 Å². The fourth-order valence-corrected chi connectivity index (χ4v) is 5.19. The molecule has 3 aromatic heterocycles. The van der Waals surface area contributed by atoms with Crippen molar-refractivity contribution in [3.63, 3.8) is 0 Å². The topological polar surface area (TPSA) is 69.4 Å². The maximum atomic E-state index is 4.70. The average molecular weight is 500 g/mol. The molecule has 3 heterocycles. The predicted octanol–water partition coefficient (Wildman–Crippen LogP) is 8.87. The van der Waals surface area contributed by atoms with Gasteiger partial charge in [0.2, 0.25) is 0 Å². The maximum Gasteiger partial charge on any atom is 0.116 e. The number of hydrogen-bond acceptors (Lipinski definition) is 3. The third kappa shape index (κ3) is 4.45. The average Bonchev–Trinajstić information content (AvgIpc) is 3.35. The number of allylic oxidation sites excluding steroid dienone is 5. The first kappa shape index (κ1) is 24.0. The van der Waals surface area contributed by atoms with Gasteiger partial charge in [-0.1, -0.05) is 56.4 Å². The summed E-state index contributed by atoms with van der Waals surface area (Å²) >= 11 is 0. The lowest BCUT2D eigenvalue weighted by Gasteiger charge is -2.10. The van der Waals surface area contributed by atoms with E-state index in [4.69, 9.17) is 5.10 Å². The number of benzene rings is 2. The molecule has 0 spiro atoms. The van der Waals surface area contributed by atoms with E-state index in [2.05, 4.69) is 94.6 Å². The summed E-state index contributed by atoms with van der Waals surface area (Å²) in [6, 6.07) is 17.3. The summed E-state index contributed by atoms with van der Waals surface area (Å²) in [7, 11) is 0. The molecule has 0 saturated heterocycles. The van der Waals surface area contributed by atoms with Crippen molar-refractivity contribution in [3.8, 4) is 22.5 Å². The van der Waals surface area contributed by atoms with Gasteiger partial charge in [0.1, 0.15) is 5.69 Å². The fraction of sp³-hybridized carbons (Fsp3) is 0.212. The highest BCUT2D eigenvalue weighted by atomic mass is 15.1. The van der Waals surface area contributed by atoms with E-state index in [1.54, 1.807) is 0 Å². The number of pyridine rings is 1. The standard InChI is InChI=1S/C31H27N5.C2H6/c1-18-6-7-22(12-18)25-4-3-5-28-26(25)15-30(34-28)31-27-14-21(10-11-29(27)35-36-31)23-13-24(17-32-16-23)33-19(2)20-8-9-20;1-2/h3-7,10-11,13-17,20,33-34H,2,8-9,12H2,1H3,(H,35,36);1-2H3. The van der Waals surface area contributed by atoms with E-state index in [-0.39, 0.29) is 0 Å². The Balaban J connectivity index is 0.00000129.